The minimum atomic E-state index is 0.736. The third kappa shape index (κ3) is 2.06. The van der Waals surface area contributed by atoms with Gasteiger partial charge in [0.25, 0.3) is 0 Å². The van der Waals surface area contributed by atoms with Crippen molar-refractivity contribution in [1.29, 1.82) is 5.26 Å². The third-order valence-electron chi connectivity index (χ3n) is 1.42. The van der Waals surface area contributed by atoms with Crippen LogP contribution < -0.4 is 0 Å². The van der Waals surface area contributed by atoms with Crippen molar-refractivity contribution in [2.45, 2.75) is 12.3 Å². The van der Waals surface area contributed by atoms with E-state index in [4.69, 9.17) is 5.26 Å². The second kappa shape index (κ2) is 3.54. The predicted molar refractivity (Wildman–Crippen MR) is 48.5 cm³/mol. The molecule has 1 aromatic carbocycles. The first kappa shape index (κ1) is 8.29. The van der Waals surface area contributed by atoms with Gasteiger partial charge in [0.2, 0.25) is 0 Å². The largest absolute Gasteiger partial charge is 0.192 e. The van der Waals surface area contributed by atoms with Gasteiger partial charge >= 0.3 is 0 Å². The first-order chi connectivity index (χ1) is 5.26. The van der Waals surface area contributed by atoms with Crippen LogP contribution in [0.1, 0.15) is 16.7 Å². The van der Waals surface area contributed by atoms with Crippen molar-refractivity contribution in [3.8, 4) is 6.07 Å². The molecule has 0 amide bonds. The highest BCUT2D eigenvalue weighted by atomic mass is 79.9. The fourth-order valence-electron chi connectivity index (χ4n) is 1.00. The summed E-state index contributed by atoms with van der Waals surface area (Å²) in [5.74, 6) is 0. The molecule has 11 heavy (non-hydrogen) atoms. The molecule has 1 aromatic rings. The Bertz CT molecular complexity index is 299. The van der Waals surface area contributed by atoms with Crippen molar-refractivity contribution in [3.63, 3.8) is 0 Å². The lowest BCUT2D eigenvalue weighted by Gasteiger charge is -1.98. The van der Waals surface area contributed by atoms with Crippen LogP contribution in [0.3, 0.4) is 0 Å². The normalized spacial score (nSPS) is 9.18. The Kier molecular flexibility index (Phi) is 2.67. The maximum absolute atomic E-state index is 8.62. The predicted octanol–water partition coefficient (Wildman–Crippen LogP) is 2.76. The number of rotatable bonds is 1. The molecule has 0 aliphatic rings. The molecule has 0 saturated carbocycles. The van der Waals surface area contributed by atoms with Crippen LogP contribution in [0.2, 0.25) is 0 Å². The summed E-state index contributed by atoms with van der Waals surface area (Å²) in [6.45, 7) is 1.99. The summed E-state index contributed by atoms with van der Waals surface area (Å²) in [6, 6.07) is 7.96. The Morgan fingerprint density at radius 2 is 2.18 bits per heavy atom. The van der Waals surface area contributed by atoms with Gasteiger partial charge in [-0.05, 0) is 30.2 Å². The summed E-state index contributed by atoms with van der Waals surface area (Å²) < 4.78 is 0. The minimum absolute atomic E-state index is 0.736. The van der Waals surface area contributed by atoms with Crippen LogP contribution in [-0.4, -0.2) is 0 Å². The Labute approximate surface area is 74.8 Å². The average Bonchev–Trinajstić information content (AvgIpc) is 2.03. The molecule has 0 aliphatic carbocycles. The van der Waals surface area contributed by atoms with E-state index < -0.39 is 0 Å². The van der Waals surface area contributed by atoms with Crippen LogP contribution in [0.4, 0.5) is 0 Å². The van der Waals surface area contributed by atoms with E-state index in [-0.39, 0.29) is 0 Å². The van der Waals surface area contributed by atoms with Crippen molar-refractivity contribution in [2.75, 3.05) is 0 Å². The molecule has 0 heterocycles. The highest BCUT2D eigenvalue weighted by Crippen LogP contribution is 2.11. The molecule has 0 N–H and O–H groups in total. The lowest BCUT2D eigenvalue weighted by atomic mass is 10.1. The first-order valence-electron chi connectivity index (χ1n) is 3.33. The molecule has 0 aromatic heterocycles. The highest BCUT2D eigenvalue weighted by molar-refractivity contribution is 9.08. The Hall–Kier alpha value is -0.810. The standard InChI is InChI=1S/C9H8BrN/c1-7-2-8(5-10)4-9(3-7)6-11/h2-4H,5H2,1H3. The van der Waals surface area contributed by atoms with Crippen molar-refractivity contribution in [3.05, 3.63) is 34.9 Å². The van der Waals surface area contributed by atoms with Crippen molar-refractivity contribution < 1.29 is 0 Å². The summed E-state index contributed by atoms with van der Waals surface area (Å²) >= 11 is 3.35. The van der Waals surface area contributed by atoms with Gasteiger partial charge in [-0.1, -0.05) is 22.0 Å². The Morgan fingerprint density at radius 3 is 2.73 bits per heavy atom. The van der Waals surface area contributed by atoms with Crippen LogP contribution in [0.25, 0.3) is 0 Å². The first-order valence-corrected chi connectivity index (χ1v) is 4.45. The van der Waals surface area contributed by atoms with E-state index in [0.717, 1.165) is 22.0 Å². The monoisotopic (exact) mass is 209 g/mol. The molecule has 0 bridgehead atoms. The van der Waals surface area contributed by atoms with Gasteiger partial charge in [-0.15, -0.1) is 0 Å². The summed E-state index contributed by atoms with van der Waals surface area (Å²) in [5.41, 5.74) is 3.03. The molecule has 0 fully saturated rings. The number of aryl methyl sites for hydroxylation is 1. The molecule has 0 saturated heterocycles. The van der Waals surface area contributed by atoms with Crippen LogP contribution in [0, 0.1) is 18.3 Å². The van der Waals surface area contributed by atoms with Gasteiger partial charge in [0.15, 0.2) is 0 Å². The van der Waals surface area contributed by atoms with E-state index in [9.17, 15) is 0 Å². The van der Waals surface area contributed by atoms with Crippen LogP contribution >= 0.6 is 15.9 Å². The number of benzene rings is 1. The molecule has 0 aliphatic heterocycles. The zero-order valence-corrected chi connectivity index (χ0v) is 7.85. The SMILES string of the molecule is Cc1cc(C#N)cc(CBr)c1. The Balaban J connectivity index is 3.15. The molecule has 56 valence electrons. The fourth-order valence-corrected chi connectivity index (χ4v) is 1.33. The van der Waals surface area contributed by atoms with E-state index in [1.165, 1.54) is 0 Å². The number of alkyl halides is 1. The quantitative estimate of drug-likeness (QED) is 0.653. The molecule has 1 rings (SSSR count). The van der Waals surface area contributed by atoms with Gasteiger partial charge in [-0.2, -0.15) is 5.26 Å². The van der Waals surface area contributed by atoms with Crippen LogP contribution in [0.15, 0.2) is 18.2 Å². The number of hydrogen-bond acceptors (Lipinski definition) is 1. The zero-order valence-electron chi connectivity index (χ0n) is 6.26. The number of nitrogens with zero attached hydrogens (tertiary/aromatic N) is 1. The lowest BCUT2D eigenvalue weighted by molar-refractivity contribution is 1.34. The molecule has 0 radical (unpaired) electrons. The van der Waals surface area contributed by atoms with Gasteiger partial charge in [-0.25, -0.2) is 0 Å². The number of halogens is 1. The van der Waals surface area contributed by atoms with E-state index in [1.54, 1.807) is 0 Å². The van der Waals surface area contributed by atoms with E-state index in [2.05, 4.69) is 28.1 Å². The topological polar surface area (TPSA) is 23.8 Å². The Morgan fingerprint density at radius 1 is 1.45 bits per heavy atom. The fraction of sp³-hybridized carbons (Fsp3) is 0.222. The molecule has 1 nitrogen and oxygen atoms in total. The van der Waals surface area contributed by atoms with Gasteiger partial charge in [0, 0.05) is 5.33 Å². The summed E-state index contributed by atoms with van der Waals surface area (Å²) in [5, 5.41) is 9.43. The molecular weight excluding hydrogens is 202 g/mol. The van der Waals surface area contributed by atoms with Crippen LogP contribution in [0.5, 0.6) is 0 Å². The van der Waals surface area contributed by atoms with E-state index >= 15 is 0 Å². The van der Waals surface area contributed by atoms with Gasteiger partial charge in [-0.3, -0.25) is 0 Å². The average molecular weight is 210 g/mol. The summed E-state index contributed by atoms with van der Waals surface area (Å²) in [6.07, 6.45) is 0. The van der Waals surface area contributed by atoms with Gasteiger partial charge in [0.05, 0.1) is 11.6 Å². The smallest absolute Gasteiger partial charge is 0.0991 e. The van der Waals surface area contributed by atoms with Crippen LogP contribution in [-0.2, 0) is 5.33 Å². The molecule has 0 spiro atoms. The summed E-state index contributed by atoms with van der Waals surface area (Å²) in [7, 11) is 0. The zero-order chi connectivity index (χ0) is 8.27. The summed E-state index contributed by atoms with van der Waals surface area (Å²) in [4.78, 5) is 0. The molecule has 0 atom stereocenters. The van der Waals surface area contributed by atoms with Crippen molar-refractivity contribution >= 4 is 15.9 Å². The van der Waals surface area contributed by atoms with Crippen molar-refractivity contribution in [1.82, 2.24) is 0 Å². The van der Waals surface area contributed by atoms with Crippen molar-refractivity contribution in [2.24, 2.45) is 0 Å². The van der Waals surface area contributed by atoms with Gasteiger partial charge < -0.3 is 0 Å². The number of nitriles is 1. The van der Waals surface area contributed by atoms with E-state index in [0.29, 0.717) is 0 Å². The minimum Gasteiger partial charge on any atom is -0.192 e. The van der Waals surface area contributed by atoms with Gasteiger partial charge in [0.1, 0.15) is 0 Å². The lowest BCUT2D eigenvalue weighted by Crippen LogP contribution is -1.83. The molecule has 0 unspecified atom stereocenters. The maximum Gasteiger partial charge on any atom is 0.0991 e. The van der Waals surface area contributed by atoms with E-state index in [1.807, 2.05) is 19.1 Å². The second-order valence-corrected chi connectivity index (χ2v) is 3.01. The second-order valence-electron chi connectivity index (χ2n) is 2.45. The number of hydrogen-bond donors (Lipinski definition) is 0. The maximum atomic E-state index is 8.62. The third-order valence-corrected chi connectivity index (χ3v) is 2.07. The highest BCUT2D eigenvalue weighted by Gasteiger charge is 1.95. The molecular formula is C9H8BrN. The molecule has 2 heteroatoms.